The van der Waals surface area contributed by atoms with E-state index in [2.05, 4.69) is 28.6 Å². The van der Waals surface area contributed by atoms with Gasteiger partial charge in [-0.05, 0) is 58.2 Å². The van der Waals surface area contributed by atoms with Crippen LogP contribution in [0.4, 0.5) is 5.69 Å². The van der Waals surface area contributed by atoms with E-state index in [0.717, 1.165) is 27.2 Å². The Morgan fingerprint density at radius 3 is 2.83 bits per heavy atom. The Morgan fingerprint density at radius 2 is 2.17 bits per heavy atom. The fraction of sp³-hybridized carbons (Fsp3) is 0.143. The number of thiophene rings is 1. The summed E-state index contributed by atoms with van der Waals surface area (Å²) in [6.45, 7) is 4.32. The van der Waals surface area contributed by atoms with Gasteiger partial charge in [0.05, 0.1) is 3.79 Å². The summed E-state index contributed by atoms with van der Waals surface area (Å²) in [4.78, 5) is 1.18. The highest BCUT2D eigenvalue weighted by molar-refractivity contribution is 9.11. The van der Waals surface area contributed by atoms with Crippen LogP contribution in [0.2, 0.25) is 0 Å². The minimum atomic E-state index is 0.574. The van der Waals surface area contributed by atoms with Crippen LogP contribution in [0.25, 0.3) is 0 Å². The summed E-state index contributed by atoms with van der Waals surface area (Å²) in [6, 6.07) is 9.78. The molecule has 94 valence electrons. The molecule has 0 saturated heterocycles. The maximum atomic E-state index is 5.83. The van der Waals surface area contributed by atoms with Crippen LogP contribution in [0.3, 0.4) is 0 Å². The lowest BCUT2D eigenvalue weighted by atomic mass is 10.1. The van der Waals surface area contributed by atoms with Crippen LogP contribution in [0.15, 0.2) is 46.8 Å². The molecule has 4 heteroatoms. The van der Waals surface area contributed by atoms with Crippen molar-refractivity contribution in [3.63, 3.8) is 0 Å². The summed E-state index contributed by atoms with van der Waals surface area (Å²) >= 11 is 5.12. The highest BCUT2D eigenvalue weighted by Gasteiger charge is 2.05. The van der Waals surface area contributed by atoms with E-state index < -0.39 is 0 Å². The average molecular weight is 324 g/mol. The predicted molar refractivity (Wildman–Crippen MR) is 81.1 cm³/mol. The second kappa shape index (κ2) is 6.07. The molecule has 0 saturated carbocycles. The highest BCUT2D eigenvalue weighted by Crippen LogP contribution is 2.26. The van der Waals surface area contributed by atoms with Crippen molar-refractivity contribution in [3.8, 4) is 5.75 Å². The van der Waals surface area contributed by atoms with Gasteiger partial charge in [-0.25, -0.2) is 0 Å². The number of ether oxygens (including phenoxy) is 1. The lowest BCUT2D eigenvalue weighted by Crippen LogP contribution is -1.98. The van der Waals surface area contributed by atoms with Crippen molar-refractivity contribution in [1.29, 1.82) is 0 Å². The van der Waals surface area contributed by atoms with Gasteiger partial charge in [-0.2, -0.15) is 0 Å². The van der Waals surface area contributed by atoms with E-state index in [4.69, 9.17) is 10.5 Å². The number of rotatable bonds is 5. The number of hydrogen-bond acceptors (Lipinski definition) is 3. The fourth-order valence-corrected chi connectivity index (χ4v) is 3.03. The Bertz CT molecular complexity index is 550. The number of benzene rings is 1. The van der Waals surface area contributed by atoms with Gasteiger partial charge in [-0.15, -0.1) is 17.9 Å². The van der Waals surface area contributed by atoms with E-state index in [1.54, 1.807) is 11.3 Å². The lowest BCUT2D eigenvalue weighted by Gasteiger charge is -2.10. The third kappa shape index (κ3) is 3.37. The van der Waals surface area contributed by atoms with Crippen molar-refractivity contribution in [2.75, 3.05) is 5.73 Å². The van der Waals surface area contributed by atoms with Crippen LogP contribution in [0.5, 0.6) is 5.75 Å². The predicted octanol–water partition coefficient (Wildman–Crippen LogP) is 4.40. The average Bonchev–Trinajstić information content (AvgIpc) is 2.75. The van der Waals surface area contributed by atoms with Crippen LogP contribution < -0.4 is 10.5 Å². The van der Waals surface area contributed by atoms with Crippen molar-refractivity contribution in [2.24, 2.45) is 0 Å². The molecular formula is C14H14BrNOS. The van der Waals surface area contributed by atoms with Crippen LogP contribution in [-0.4, -0.2) is 0 Å². The number of halogens is 1. The monoisotopic (exact) mass is 323 g/mol. The summed E-state index contributed by atoms with van der Waals surface area (Å²) in [7, 11) is 0. The molecule has 2 aromatic rings. The molecule has 2 nitrogen and oxygen atoms in total. The van der Waals surface area contributed by atoms with Crippen molar-refractivity contribution in [2.45, 2.75) is 13.0 Å². The lowest BCUT2D eigenvalue weighted by molar-refractivity contribution is 0.307. The standard InChI is InChI=1S/C14H14BrNOS/c1-2-3-10-8-11(16)4-6-13(10)17-9-12-5-7-14(15)18-12/h2,4-8H,1,3,9,16H2. The van der Waals surface area contributed by atoms with Gasteiger partial charge in [-0.1, -0.05) is 6.08 Å². The number of anilines is 1. The first-order chi connectivity index (χ1) is 8.69. The first-order valence-electron chi connectivity index (χ1n) is 5.55. The summed E-state index contributed by atoms with van der Waals surface area (Å²) < 4.78 is 6.95. The normalized spacial score (nSPS) is 10.3. The molecule has 0 spiro atoms. The van der Waals surface area contributed by atoms with Gasteiger partial charge < -0.3 is 10.5 Å². The van der Waals surface area contributed by atoms with Gasteiger partial charge in [0.15, 0.2) is 0 Å². The molecule has 18 heavy (non-hydrogen) atoms. The molecule has 1 heterocycles. The Kier molecular flexibility index (Phi) is 4.44. The number of hydrogen-bond donors (Lipinski definition) is 1. The third-order valence-corrected chi connectivity index (χ3v) is 4.04. The number of allylic oxidation sites excluding steroid dienone is 1. The first kappa shape index (κ1) is 13.2. The minimum absolute atomic E-state index is 0.574. The van der Waals surface area contributed by atoms with E-state index in [9.17, 15) is 0 Å². The molecule has 1 aromatic carbocycles. The second-order valence-electron chi connectivity index (χ2n) is 3.85. The first-order valence-corrected chi connectivity index (χ1v) is 7.16. The van der Waals surface area contributed by atoms with Crippen LogP contribution in [0, 0.1) is 0 Å². The van der Waals surface area contributed by atoms with Crippen LogP contribution in [0.1, 0.15) is 10.4 Å². The Balaban J connectivity index is 2.10. The Labute approximate surface area is 119 Å². The van der Waals surface area contributed by atoms with Crippen molar-refractivity contribution >= 4 is 33.0 Å². The molecule has 1 aromatic heterocycles. The zero-order valence-corrected chi connectivity index (χ0v) is 12.3. The van der Waals surface area contributed by atoms with Crippen LogP contribution in [-0.2, 0) is 13.0 Å². The second-order valence-corrected chi connectivity index (χ2v) is 6.40. The van der Waals surface area contributed by atoms with Crippen molar-refractivity contribution in [3.05, 3.63) is 57.2 Å². The molecule has 0 aliphatic carbocycles. The zero-order valence-electron chi connectivity index (χ0n) is 9.86. The third-order valence-electron chi connectivity index (χ3n) is 2.45. The number of nitrogen functional groups attached to an aromatic ring is 1. The SMILES string of the molecule is C=CCc1cc(N)ccc1OCc1ccc(Br)s1. The summed E-state index contributed by atoms with van der Waals surface area (Å²) in [5, 5.41) is 0. The molecule has 0 atom stereocenters. The van der Waals surface area contributed by atoms with Gasteiger partial charge in [0.1, 0.15) is 12.4 Å². The quantitative estimate of drug-likeness (QED) is 0.653. The molecule has 0 unspecified atom stereocenters. The summed E-state index contributed by atoms with van der Waals surface area (Å²) in [5.41, 5.74) is 7.59. The molecule has 0 aliphatic heterocycles. The Hall–Kier alpha value is -1.26. The fourth-order valence-electron chi connectivity index (χ4n) is 1.63. The van der Waals surface area contributed by atoms with Gasteiger partial charge >= 0.3 is 0 Å². The molecular weight excluding hydrogens is 310 g/mol. The smallest absolute Gasteiger partial charge is 0.123 e. The molecule has 0 radical (unpaired) electrons. The maximum absolute atomic E-state index is 5.83. The molecule has 0 aliphatic rings. The topological polar surface area (TPSA) is 35.2 Å². The van der Waals surface area contributed by atoms with E-state index in [-0.39, 0.29) is 0 Å². The maximum Gasteiger partial charge on any atom is 0.123 e. The number of nitrogens with two attached hydrogens (primary N) is 1. The van der Waals surface area contributed by atoms with Gasteiger partial charge in [0, 0.05) is 10.6 Å². The van der Waals surface area contributed by atoms with Crippen molar-refractivity contribution in [1.82, 2.24) is 0 Å². The summed E-state index contributed by atoms with van der Waals surface area (Å²) in [6.07, 6.45) is 2.61. The minimum Gasteiger partial charge on any atom is -0.488 e. The van der Waals surface area contributed by atoms with E-state index >= 15 is 0 Å². The molecule has 2 rings (SSSR count). The molecule has 2 N–H and O–H groups in total. The summed E-state index contributed by atoms with van der Waals surface area (Å²) in [5.74, 6) is 0.869. The molecule has 0 bridgehead atoms. The van der Waals surface area contributed by atoms with Crippen molar-refractivity contribution < 1.29 is 4.74 Å². The van der Waals surface area contributed by atoms with E-state index in [1.807, 2.05) is 30.3 Å². The van der Waals surface area contributed by atoms with Gasteiger partial charge in [0.25, 0.3) is 0 Å². The van der Waals surface area contributed by atoms with Crippen LogP contribution >= 0.6 is 27.3 Å². The van der Waals surface area contributed by atoms with E-state index in [0.29, 0.717) is 6.61 Å². The zero-order chi connectivity index (χ0) is 13.0. The van der Waals surface area contributed by atoms with E-state index in [1.165, 1.54) is 4.88 Å². The molecule has 0 amide bonds. The Morgan fingerprint density at radius 1 is 1.33 bits per heavy atom. The van der Waals surface area contributed by atoms with Gasteiger partial charge in [0.2, 0.25) is 0 Å². The van der Waals surface area contributed by atoms with Gasteiger partial charge in [-0.3, -0.25) is 0 Å². The highest BCUT2D eigenvalue weighted by atomic mass is 79.9. The molecule has 0 fully saturated rings. The largest absolute Gasteiger partial charge is 0.488 e.